The minimum absolute atomic E-state index is 0.183. The van der Waals surface area contributed by atoms with Crippen LogP contribution in [0.15, 0.2) is 29.3 Å². The van der Waals surface area contributed by atoms with Gasteiger partial charge < -0.3 is 19.7 Å². The van der Waals surface area contributed by atoms with E-state index in [0.717, 1.165) is 50.9 Å². The maximum absolute atomic E-state index is 6.01. The third kappa shape index (κ3) is 5.52. The van der Waals surface area contributed by atoms with Gasteiger partial charge in [0.25, 0.3) is 0 Å². The van der Waals surface area contributed by atoms with Crippen molar-refractivity contribution in [2.24, 2.45) is 4.99 Å². The second kappa shape index (κ2) is 10.3. The van der Waals surface area contributed by atoms with Gasteiger partial charge in [0.05, 0.1) is 6.54 Å². The van der Waals surface area contributed by atoms with Gasteiger partial charge in [-0.1, -0.05) is 17.7 Å². The van der Waals surface area contributed by atoms with Crippen LogP contribution in [0.25, 0.3) is 0 Å². The lowest BCUT2D eigenvalue weighted by molar-refractivity contribution is -0.0166. The molecule has 0 spiro atoms. The van der Waals surface area contributed by atoms with Crippen molar-refractivity contribution in [3.63, 3.8) is 0 Å². The normalized spacial score (nSPS) is 20.2. The lowest BCUT2D eigenvalue weighted by atomic mass is 9.88. The summed E-state index contributed by atoms with van der Waals surface area (Å²) in [5.74, 6) is 1.69. The molecule has 28 heavy (non-hydrogen) atoms. The first-order valence-electron chi connectivity index (χ1n) is 10.3. The highest BCUT2D eigenvalue weighted by Gasteiger charge is 2.39. The van der Waals surface area contributed by atoms with Crippen LogP contribution < -0.4 is 10.1 Å². The Bertz CT molecular complexity index is 643. The van der Waals surface area contributed by atoms with Gasteiger partial charge >= 0.3 is 0 Å². The second-order valence-electron chi connectivity index (χ2n) is 7.66. The van der Waals surface area contributed by atoms with Crippen LogP contribution in [0.5, 0.6) is 5.75 Å². The van der Waals surface area contributed by atoms with Gasteiger partial charge in [-0.2, -0.15) is 0 Å². The molecule has 2 fully saturated rings. The molecule has 0 radical (unpaired) electrons. The van der Waals surface area contributed by atoms with Crippen LogP contribution in [-0.2, 0) is 4.74 Å². The summed E-state index contributed by atoms with van der Waals surface area (Å²) in [6, 6.07) is 7.50. The van der Waals surface area contributed by atoms with Crippen LogP contribution in [0.4, 0.5) is 0 Å². The molecule has 156 valence electrons. The Labute approximate surface area is 173 Å². The molecule has 2 saturated heterocycles. The predicted molar refractivity (Wildman–Crippen MR) is 115 cm³/mol. The van der Waals surface area contributed by atoms with E-state index in [9.17, 15) is 0 Å². The fraction of sp³-hybridized carbons (Fsp3) is 0.667. The SMILES string of the molecule is CN=C(NCC1(N2CCCC2)CCOCC1)N(C)CCOc1cccc(Cl)c1. The van der Waals surface area contributed by atoms with E-state index >= 15 is 0 Å². The third-order valence-electron chi connectivity index (χ3n) is 5.84. The number of guanidine groups is 1. The molecule has 1 aromatic carbocycles. The number of halogens is 1. The number of likely N-dealkylation sites (tertiary alicyclic amines) is 1. The number of nitrogens with one attached hydrogen (secondary N) is 1. The maximum atomic E-state index is 6.01. The first-order valence-corrected chi connectivity index (χ1v) is 10.6. The minimum Gasteiger partial charge on any atom is -0.492 e. The van der Waals surface area contributed by atoms with Crippen molar-refractivity contribution in [2.75, 3.05) is 60.1 Å². The molecule has 2 aliphatic rings. The molecule has 6 nitrogen and oxygen atoms in total. The van der Waals surface area contributed by atoms with Crippen molar-refractivity contribution in [2.45, 2.75) is 31.2 Å². The second-order valence-corrected chi connectivity index (χ2v) is 8.10. The molecular weight excluding hydrogens is 376 g/mol. The molecule has 0 saturated carbocycles. The summed E-state index contributed by atoms with van der Waals surface area (Å²) < 4.78 is 11.5. The number of aliphatic imine (C=N–C) groups is 1. The molecule has 0 amide bonds. The quantitative estimate of drug-likeness (QED) is 0.555. The fourth-order valence-corrected chi connectivity index (χ4v) is 4.32. The zero-order valence-electron chi connectivity index (χ0n) is 17.1. The summed E-state index contributed by atoms with van der Waals surface area (Å²) in [6.07, 6.45) is 4.77. The first kappa shape index (κ1) is 21.2. The number of rotatable bonds is 7. The van der Waals surface area contributed by atoms with Crippen LogP contribution in [-0.4, -0.2) is 81.4 Å². The van der Waals surface area contributed by atoms with Crippen LogP contribution in [0.3, 0.4) is 0 Å². The van der Waals surface area contributed by atoms with Crippen LogP contribution in [0.1, 0.15) is 25.7 Å². The molecule has 7 heteroatoms. The van der Waals surface area contributed by atoms with Gasteiger partial charge in [-0.25, -0.2) is 0 Å². The van der Waals surface area contributed by atoms with E-state index in [4.69, 9.17) is 21.1 Å². The largest absolute Gasteiger partial charge is 0.492 e. The third-order valence-corrected chi connectivity index (χ3v) is 6.08. The molecule has 0 atom stereocenters. The number of hydrogen-bond acceptors (Lipinski definition) is 4. The van der Waals surface area contributed by atoms with Gasteiger partial charge in [0.1, 0.15) is 12.4 Å². The number of nitrogens with zero attached hydrogens (tertiary/aromatic N) is 3. The van der Waals surface area contributed by atoms with Gasteiger partial charge in [-0.15, -0.1) is 0 Å². The Hall–Kier alpha value is -1.50. The average molecular weight is 409 g/mol. The van der Waals surface area contributed by atoms with Gasteiger partial charge in [0.15, 0.2) is 5.96 Å². The Morgan fingerprint density at radius 2 is 2.07 bits per heavy atom. The number of likely N-dealkylation sites (N-methyl/N-ethyl adjacent to an activating group) is 1. The highest BCUT2D eigenvalue weighted by molar-refractivity contribution is 6.30. The van der Waals surface area contributed by atoms with Crippen molar-refractivity contribution in [3.05, 3.63) is 29.3 Å². The molecule has 1 N–H and O–H groups in total. The number of ether oxygens (including phenoxy) is 2. The highest BCUT2D eigenvalue weighted by atomic mass is 35.5. The van der Waals surface area contributed by atoms with E-state index in [1.54, 1.807) is 0 Å². The van der Waals surface area contributed by atoms with E-state index in [1.807, 2.05) is 38.4 Å². The van der Waals surface area contributed by atoms with Crippen LogP contribution in [0, 0.1) is 0 Å². The Kier molecular flexibility index (Phi) is 7.82. The first-order chi connectivity index (χ1) is 13.6. The van der Waals surface area contributed by atoms with Crippen molar-refractivity contribution in [1.29, 1.82) is 0 Å². The monoisotopic (exact) mass is 408 g/mol. The maximum Gasteiger partial charge on any atom is 0.193 e. The van der Waals surface area contributed by atoms with Crippen molar-refractivity contribution in [1.82, 2.24) is 15.1 Å². The highest BCUT2D eigenvalue weighted by Crippen LogP contribution is 2.30. The molecule has 2 heterocycles. The van der Waals surface area contributed by atoms with Gasteiger partial charge in [0.2, 0.25) is 0 Å². The Morgan fingerprint density at radius 3 is 2.75 bits per heavy atom. The lowest BCUT2D eigenvalue weighted by Gasteiger charge is -2.45. The summed E-state index contributed by atoms with van der Waals surface area (Å²) >= 11 is 6.01. The molecule has 2 aliphatic heterocycles. The molecule has 1 aromatic rings. The van der Waals surface area contributed by atoms with E-state index < -0.39 is 0 Å². The zero-order valence-corrected chi connectivity index (χ0v) is 17.9. The molecule has 0 unspecified atom stereocenters. The Morgan fingerprint density at radius 1 is 1.32 bits per heavy atom. The smallest absolute Gasteiger partial charge is 0.193 e. The van der Waals surface area contributed by atoms with E-state index in [-0.39, 0.29) is 5.54 Å². The van der Waals surface area contributed by atoms with Gasteiger partial charge in [-0.05, 0) is 57.0 Å². The average Bonchev–Trinajstić information content (AvgIpc) is 3.25. The Balaban J connectivity index is 1.50. The summed E-state index contributed by atoms with van der Waals surface area (Å²) in [5, 5.41) is 4.30. The van der Waals surface area contributed by atoms with E-state index in [1.165, 1.54) is 25.9 Å². The molecule has 0 bridgehead atoms. The number of hydrogen-bond donors (Lipinski definition) is 1. The standard InChI is InChI=1S/C21H33ClN4O2/c1-23-20(25(2)12-15-28-19-7-5-6-18(22)16-19)24-17-21(8-13-27-14-9-21)26-10-3-4-11-26/h5-7,16H,3-4,8-15,17H2,1-2H3,(H,23,24). The minimum atomic E-state index is 0.183. The molecule has 0 aliphatic carbocycles. The van der Waals surface area contributed by atoms with Crippen molar-refractivity contribution < 1.29 is 9.47 Å². The summed E-state index contributed by atoms with van der Waals surface area (Å²) in [7, 11) is 3.88. The molecule has 3 rings (SSSR count). The van der Waals surface area contributed by atoms with Gasteiger partial charge in [0, 0.05) is 44.4 Å². The summed E-state index contributed by atoms with van der Waals surface area (Å²) in [6.45, 7) is 6.31. The van der Waals surface area contributed by atoms with Crippen LogP contribution in [0.2, 0.25) is 5.02 Å². The van der Waals surface area contributed by atoms with E-state index in [2.05, 4.69) is 20.1 Å². The van der Waals surface area contributed by atoms with Crippen LogP contribution >= 0.6 is 11.6 Å². The van der Waals surface area contributed by atoms with Crippen molar-refractivity contribution in [3.8, 4) is 5.75 Å². The zero-order chi connectivity index (χ0) is 19.8. The lowest BCUT2D eigenvalue weighted by Crippen LogP contribution is -2.58. The van der Waals surface area contributed by atoms with Crippen molar-refractivity contribution >= 4 is 17.6 Å². The predicted octanol–water partition coefficient (Wildman–Crippen LogP) is 2.87. The summed E-state index contributed by atoms with van der Waals surface area (Å²) in [4.78, 5) is 9.25. The van der Waals surface area contributed by atoms with E-state index in [0.29, 0.717) is 11.6 Å². The number of benzene rings is 1. The molecule has 0 aromatic heterocycles. The molecular formula is C21H33ClN4O2. The van der Waals surface area contributed by atoms with Gasteiger partial charge in [-0.3, -0.25) is 9.89 Å². The fourth-order valence-electron chi connectivity index (χ4n) is 4.14. The topological polar surface area (TPSA) is 49.3 Å². The summed E-state index contributed by atoms with van der Waals surface area (Å²) in [5.41, 5.74) is 0.183.